The molecule has 2 heterocycles. The van der Waals surface area contributed by atoms with Crippen molar-refractivity contribution in [2.75, 3.05) is 13.2 Å². The lowest BCUT2D eigenvalue weighted by atomic mass is 10.0. The van der Waals surface area contributed by atoms with Gasteiger partial charge in [-0.3, -0.25) is 0 Å². The maximum atomic E-state index is 5.63. The first kappa shape index (κ1) is 13.4. The number of aliphatic imine (C=N–C) groups is 2. The van der Waals surface area contributed by atoms with Gasteiger partial charge in [0, 0.05) is 0 Å². The van der Waals surface area contributed by atoms with Crippen LogP contribution >= 0.6 is 0 Å². The molecule has 4 atom stereocenters. The van der Waals surface area contributed by atoms with E-state index < -0.39 is 0 Å². The molecule has 0 saturated heterocycles. The Balaban J connectivity index is 2.01. The summed E-state index contributed by atoms with van der Waals surface area (Å²) in [7, 11) is 0. The highest BCUT2D eigenvalue weighted by Crippen LogP contribution is 2.21. The van der Waals surface area contributed by atoms with Crippen LogP contribution in [0.5, 0.6) is 0 Å². The quantitative estimate of drug-likeness (QED) is 0.755. The molecular weight excluding hydrogens is 228 g/mol. The molecule has 0 amide bonds. The number of hydrogen-bond donors (Lipinski definition) is 0. The van der Waals surface area contributed by atoms with E-state index in [0.29, 0.717) is 36.8 Å². The molecular formula is C14H24N2O2. The maximum Gasteiger partial charge on any atom is 0.273 e. The van der Waals surface area contributed by atoms with Gasteiger partial charge in [-0.15, -0.1) is 0 Å². The highest BCUT2D eigenvalue weighted by atomic mass is 16.5. The second-order valence-corrected chi connectivity index (χ2v) is 5.40. The molecule has 0 spiro atoms. The van der Waals surface area contributed by atoms with Crippen molar-refractivity contribution in [3.8, 4) is 0 Å². The normalized spacial score (nSPS) is 30.2. The fourth-order valence-electron chi connectivity index (χ4n) is 2.14. The van der Waals surface area contributed by atoms with Crippen LogP contribution < -0.4 is 0 Å². The van der Waals surface area contributed by atoms with Gasteiger partial charge in [0.1, 0.15) is 13.2 Å². The van der Waals surface area contributed by atoms with Crippen LogP contribution in [0.4, 0.5) is 0 Å². The minimum Gasteiger partial charge on any atom is -0.472 e. The molecule has 4 heteroatoms. The minimum atomic E-state index is 0.263. The Hall–Kier alpha value is -1.06. The molecule has 2 aliphatic heterocycles. The van der Waals surface area contributed by atoms with Gasteiger partial charge in [0.15, 0.2) is 0 Å². The van der Waals surface area contributed by atoms with Crippen LogP contribution in [-0.4, -0.2) is 37.1 Å². The molecule has 0 unspecified atom stereocenters. The number of ether oxygens (including phenoxy) is 2. The molecule has 102 valence electrons. The van der Waals surface area contributed by atoms with Gasteiger partial charge in [-0.25, -0.2) is 9.98 Å². The third-order valence-corrected chi connectivity index (χ3v) is 4.13. The van der Waals surface area contributed by atoms with Gasteiger partial charge in [-0.2, -0.15) is 0 Å². The SMILES string of the molecule is CC[C@@H](C)[C@H]1COC(C2=N[C@@H]([C@H](C)CC)CO2)=N1. The van der Waals surface area contributed by atoms with Crippen LogP contribution in [0.15, 0.2) is 9.98 Å². The molecule has 0 aromatic heterocycles. The molecule has 0 radical (unpaired) electrons. The van der Waals surface area contributed by atoms with Crippen LogP contribution in [0.1, 0.15) is 40.5 Å². The van der Waals surface area contributed by atoms with Gasteiger partial charge in [-0.05, 0) is 11.8 Å². The van der Waals surface area contributed by atoms with E-state index in [1.165, 1.54) is 0 Å². The third-order valence-electron chi connectivity index (χ3n) is 4.13. The molecule has 0 aromatic carbocycles. The Morgan fingerprint density at radius 2 is 1.33 bits per heavy atom. The van der Waals surface area contributed by atoms with E-state index in [1.807, 2.05) is 0 Å². The van der Waals surface area contributed by atoms with Crippen LogP contribution in [0.3, 0.4) is 0 Å². The van der Waals surface area contributed by atoms with Gasteiger partial charge in [0.25, 0.3) is 11.8 Å². The fourth-order valence-corrected chi connectivity index (χ4v) is 2.14. The van der Waals surface area contributed by atoms with E-state index in [-0.39, 0.29) is 12.1 Å². The lowest BCUT2D eigenvalue weighted by molar-refractivity contribution is 0.265. The predicted molar refractivity (Wildman–Crippen MR) is 73.3 cm³/mol. The molecule has 2 aliphatic rings. The summed E-state index contributed by atoms with van der Waals surface area (Å²) in [6, 6.07) is 0.526. The number of hydrogen-bond acceptors (Lipinski definition) is 4. The summed E-state index contributed by atoms with van der Waals surface area (Å²) < 4.78 is 11.3. The zero-order valence-electron chi connectivity index (χ0n) is 11.8. The Kier molecular flexibility index (Phi) is 4.25. The topological polar surface area (TPSA) is 43.2 Å². The Bertz CT molecular complexity index is 318. The van der Waals surface area contributed by atoms with Gasteiger partial charge in [-0.1, -0.05) is 40.5 Å². The first-order valence-corrected chi connectivity index (χ1v) is 7.07. The number of nitrogens with zero attached hydrogens (tertiary/aromatic N) is 2. The van der Waals surface area contributed by atoms with E-state index in [0.717, 1.165) is 12.8 Å². The van der Waals surface area contributed by atoms with Crippen molar-refractivity contribution in [3.63, 3.8) is 0 Å². The summed E-state index contributed by atoms with van der Waals surface area (Å²) in [5.74, 6) is 2.34. The largest absolute Gasteiger partial charge is 0.472 e. The fraction of sp³-hybridized carbons (Fsp3) is 0.857. The summed E-state index contributed by atoms with van der Waals surface area (Å²) in [5.41, 5.74) is 0. The van der Waals surface area contributed by atoms with E-state index in [2.05, 4.69) is 37.7 Å². The molecule has 4 nitrogen and oxygen atoms in total. The number of rotatable bonds is 5. The summed E-state index contributed by atoms with van der Waals surface area (Å²) in [5, 5.41) is 0. The lowest BCUT2D eigenvalue weighted by Gasteiger charge is -2.11. The van der Waals surface area contributed by atoms with Gasteiger partial charge < -0.3 is 9.47 Å². The standard InChI is InChI=1S/C14H24N2O2/c1-5-9(3)11-7-17-13(15-11)14-16-12(8-18-14)10(4)6-2/h9-12H,5-8H2,1-4H3/t9-,10-,11-,12-/m1/s1. The lowest BCUT2D eigenvalue weighted by Crippen LogP contribution is -2.16. The molecule has 0 fully saturated rings. The summed E-state index contributed by atoms with van der Waals surface area (Å²) >= 11 is 0. The molecule has 0 N–H and O–H groups in total. The molecule has 18 heavy (non-hydrogen) atoms. The van der Waals surface area contributed by atoms with Crippen molar-refractivity contribution < 1.29 is 9.47 Å². The van der Waals surface area contributed by atoms with Crippen molar-refractivity contribution in [3.05, 3.63) is 0 Å². The highest BCUT2D eigenvalue weighted by Gasteiger charge is 2.32. The third kappa shape index (κ3) is 2.68. The van der Waals surface area contributed by atoms with Crippen LogP contribution in [0, 0.1) is 11.8 Å². The summed E-state index contributed by atoms with van der Waals surface area (Å²) in [6.45, 7) is 10.1. The summed E-state index contributed by atoms with van der Waals surface area (Å²) in [6.07, 6.45) is 2.24. The molecule has 2 rings (SSSR count). The van der Waals surface area contributed by atoms with Crippen LogP contribution in [0.25, 0.3) is 0 Å². The van der Waals surface area contributed by atoms with Gasteiger partial charge >= 0.3 is 0 Å². The Morgan fingerprint density at radius 3 is 1.67 bits per heavy atom. The second-order valence-electron chi connectivity index (χ2n) is 5.40. The van der Waals surface area contributed by atoms with Gasteiger partial charge in [0.05, 0.1) is 12.1 Å². The van der Waals surface area contributed by atoms with Crippen molar-refractivity contribution in [1.29, 1.82) is 0 Å². The first-order chi connectivity index (χ1) is 8.65. The maximum absolute atomic E-state index is 5.63. The van der Waals surface area contributed by atoms with Crippen molar-refractivity contribution >= 4 is 11.8 Å². The average molecular weight is 252 g/mol. The van der Waals surface area contributed by atoms with Crippen molar-refractivity contribution in [2.24, 2.45) is 21.8 Å². The smallest absolute Gasteiger partial charge is 0.273 e. The van der Waals surface area contributed by atoms with E-state index in [9.17, 15) is 0 Å². The molecule has 0 aromatic rings. The van der Waals surface area contributed by atoms with Gasteiger partial charge in [0.2, 0.25) is 0 Å². The Labute approximate surface area is 109 Å². The van der Waals surface area contributed by atoms with E-state index >= 15 is 0 Å². The minimum absolute atomic E-state index is 0.263. The predicted octanol–water partition coefficient (Wildman–Crippen LogP) is 2.67. The van der Waals surface area contributed by atoms with Crippen molar-refractivity contribution in [1.82, 2.24) is 0 Å². The Morgan fingerprint density at radius 1 is 0.944 bits per heavy atom. The van der Waals surface area contributed by atoms with Crippen LogP contribution in [-0.2, 0) is 9.47 Å². The summed E-state index contributed by atoms with van der Waals surface area (Å²) in [4.78, 5) is 9.20. The zero-order chi connectivity index (χ0) is 13.1. The first-order valence-electron chi connectivity index (χ1n) is 7.07. The van der Waals surface area contributed by atoms with Crippen LogP contribution in [0.2, 0.25) is 0 Å². The van der Waals surface area contributed by atoms with Crippen molar-refractivity contribution in [2.45, 2.75) is 52.6 Å². The average Bonchev–Trinajstić information content (AvgIpc) is 3.04. The highest BCUT2D eigenvalue weighted by molar-refractivity contribution is 6.36. The molecule has 0 bridgehead atoms. The second kappa shape index (κ2) is 5.72. The zero-order valence-corrected chi connectivity index (χ0v) is 11.8. The van der Waals surface area contributed by atoms with E-state index in [4.69, 9.17) is 9.47 Å². The molecule has 0 aliphatic carbocycles. The molecule has 0 saturated carbocycles. The monoisotopic (exact) mass is 252 g/mol. The van der Waals surface area contributed by atoms with E-state index in [1.54, 1.807) is 0 Å².